The summed E-state index contributed by atoms with van der Waals surface area (Å²) in [5.74, 6) is -0.782. The van der Waals surface area contributed by atoms with Crippen LogP contribution in [0.4, 0.5) is 5.69 Å². The molecule has 1 fully saturated rings. The summed E-state index contributed by atoms with van der Waals surface area (Å²) in [4.78, 5) is 28.9. The lowest BCUT2D eigenvalue weighted by atomic mass is 9.97. The predicted molar refractivity (Wildman–Crippen MR) is 66.5 cm³/mol. The van der Waals surface area contributed by atoms with Crippen molar-refractivity contribution in [3.63, 3.8) is 0 Å². The minimum Gasteiger partial charge on any atom is -0.397 e. The van der Waals surface area contributed by atoms with Gasteiger partial charge in [0.25, 0.3) is 5.91 Å². The number of rotatable bonds is 2. The maximum Gasteiger partial charge on any atom is 0.272 e. The first-order valence-corrected chi connectivity index (χ1v) is 5.88. The maximum absolute atomic E-state index is 12.1. The van der Waals surface area contributed by atoms with Crippen molar-refractivity contribution in [3.8, 4) is 0 Å². The van der Waals surface area contributed by atoms with Crippen LogP contribution in [0.15, 0.2) is 18.3 Å². The molecule has 6 heteroatoms. The Morgan fingerprint density at radius 1 is 1.39 bits per heavy atom. The third kappa shape index (κ3) is 2.58. The maximum atomic E-state index is 12.1. The van der Waals surface area contributed by atoms with Crippen molar-refractivity contribution < 1.29 is 9.59 Å². The van der Waals surface area contributed by atoms with Gasteiger partial charge in [-0.05, 0) is 25.0 Å². The number of amides is 2. The topological polar surface area (TPSA) is 102 Å². The molecule has 2 heterocycles. The second-order valence-corrected chi connectivity index (χ2v) is 4.47. The van der Waals surface area contributed by atoms with Gasteiger partial charge in [-0.2, -0.15) is 0 Å². The highest BCUT2D eigenvalue weighted by molar-refractivity contribution is 5.93. The van der Waals surface area contributed by atoms with Crippen LogP contribution in [0.25, 0.3) is 0 Å². The van der Waals surface area contributed by atoms with Crippen molar-refractivity contribution >= 4 is 17.5 Å². The largest absolute Gasteiger partial charge is 0.397 e. The van der Waals surface area contributed by atoms with Crippen LogP contribution >= 0.6 is 0 Å². The van der Waals surface area contributed by atoms with Crippen molar-refractivity contribution in [2.24, 2.45) is 11.7 Å². The van der Waals surface area contributed by atoms with E-state index < -0.39 is 0 Å². The third-order valence-corrected chi connectivity index (χ3v) is 3.12. The van der Waals surface area contributed by atoms with Crippen LogP contribution in [0.3, 0.4) is 0 Å². The lowest BCUT2D eigenvalue weighted by molar-refractivity contribution is -0.123. The zero-order valence-electron chi connectivity index (χ0n) is 10.0. The number of nitrogens with zero attached hydrogens (tertiary/aromatic N) is 2. The van der Waals surface area contributed by atoms with E-state index in [-0.39, 0.29) is 17.7 Å². The summed E-state index contributed by atoms with van der Waals surface area (Å²) >= 11 is 0. The van der Waals surface area contributed by atoms with E-state index in [2.05, 4.69) is 4.98 Å². The minimum atomic E-state index is -0.349. The Bertz CT molecular complexity index is 458. The van der Waals surface area contributed by atoms with Crippen LogP contribution < -0.4 is 11.5 Å². The number of carbonyl (C=O) groups is 2. The fourth-order valence-electron chi connectivity index (χ4n) is 2.09. The molecule has 1 aromatic rings. The first kappa shape index (κ1) is 12.3. The summed E-state index contributed by atoms with van der Waals surface area (Å²) in [7, 11) is 0. The van der Waals surface area contributed by atoms with E-state index in [1.165, 1.54) is 6.20 Å². The highest BCUT2D eigenvalue weighted by atomic mass is 16.2. The zero-order valence-corrected chi connectivity index (χ0v) is 10.0. The van der Waals surface area contributed by atoms with Gasteiger partial charge in [0.15, 0.2) is 0 Å². The molecule has 0 spiro atoms. The molecule has 1 atom stereocenters. The molecule has 0 bridgehead atoms. The molecule has 96 valence electrons. The Kier molecular flexibility index (Phi) is 3.45. The van der Waals surface area contributed by atoms with Gasteiger partial charge >= 0.3 is 0 Å². The molecule has 4 N–H and O–H groups in total. The summed E-state index contributed by atoms with van der Waals surface area (Å²) in [5.41, 5.74) is 11.7. The van der Waals surface area contributed by atoms with Crippen molar-refractivity contribution in [1.29, 1.82) is 0 Å². The number of hydrogen-bond donors (Lipinski definition) is 2. The number of piperidine rings is 1. The summed E-state index contributed by atoms with van der Waals surface area (Å²) in [6, 6.07) is 3.22. The van der Waals surface area contributed by atoms with Crippen LogP contribution in [0, 0.1) is 5.92 Å². The Morgan fingerprint density at radius 2 is 2.17 bits per heavy atom. The lowest BCUT2D eigenvalue weighted by Crippen LogP contribution is -2.44. The van der Waals surface area contributed by atoms with E-state index in [4.69, 9.17) is 11.5 Å². The standard InChI is InChI=1S/C12H16N4O2/c13-9-3-4-10(15-6-9)12(18)16-5-1-2-8(7-16)11(14)17/h3-4,6,8H,1-2,5,7,13H2,(H2,14,17). The van der Waals surface area contributed by atoms with Gasteiger partial charge in [0, 0.05) is 13.1 Å². The molecular weight excluding hydrogens is 232 g/mol. The number of nitrogen functional groups attached to an aromatic ring is 1. The Morgan fingerprint density at radius 3 is 2.78 bits per heavy atom. The number of primary amides is 1. The number of carbonyl (C=O) groups excluding carboxylic acids is 2. The highest BCUT2D eigenvalue weighted by Crippen LogP contribution is 2.18. The molecule has 2 amide bonds. The summed E-state index contributed by atoms with van der Waals surface area (Å²) in [6.45, 7) is 1.01. The smallest absolute Gasteiger partial charge is 0.272 e. The number of likely N-dealkylation sites (tertiary alicyclic amines) is 1. The van der Waals surface area contributed by atoms with Gasteiger partial charge in [-0.1, -0.05) is 0 Å². The Hall–Kier alpha value is -2.11. The number of hydrogen-bond acceptors (Lipinski definition) is 4. The highest BCUT2D eigenvalue weighted by Gasteiger charge is 2.27. The van der Waals surface area contributed by atoms with Gasteiger partial charge < -0.3 is 16.4 Å². The second kappa shape index (κ2) is 5.03. The van der Waals surface area contributed by atoms with Gasteiger partial charge in [0.2, 0.25) is 5.91 Å². The fourth-order valence-corrected chi connectivity index (χ4v) is 2.09. The van der Waals surface area contributed by atoms with Gasteiger partial charge in [-0.25, -0.2) is 4.98 Å². The normalized spacial score (nSPS) is 19.6. The number of pyridine rings is 1. The molecule has 6 nitrogen and oxygen atoms in total. The molecular formula is C12H16N4O2. The summed E-state index contributed by atoms with van der Waals surface area (Å²) in [6.07, 6.45) is 2.98. The third-order valence-electron chi connectivity index (χ3n) is 3.12. The molecule has 0 radical (unpaired) electrons. The van der Waals surface area contributed by atoms with Crippen molar-refractivity contribution in [1.82, 2.24) is 9.88 Å². The van der Waals surface area contributed by atoms with Crippen LogP contribution in [0.5, 0.6) is 0 Å². The SMILES string of the molecule is NC(=O)C1CCCN(C(=O)c2ccc(N)cn2)C1. The molecule has 0 saturated carbocycles. The molecule has 1 unspecified atom stereocenters. The van der Waals surface area contributed by atoms with Crippen LogP contribution in [-0.4, -0.2) is 34.8 Å². The van der Waals surface area contributed by atoms with E-state index >= 15 is 0 Å². The molecule has 1 aromatic heterocycles. The van der Waals surface area contributed by atoms with Crippen molar-refractivity contribution in [2.45, 2.75) is 12.8 Å². The van der Waals surface area contributed by atoms with E-state index in [0.29, 0.717) is 24.5 Å². The zero-order chi connectivity index (χ0) is 13.1. The van der Waals surface area contributed by atoms with E-state index in [1.807, 2.05) is 0 Å². The van der Waals surface area contributed by atoms with E-state index in [9.17, 15) is 9.59 Å². The van der Waals surface area contributed by atoms with E-state index in [0.717, 1.165) is 12.8 Å². The Balaban J connectivity index is 2.09. The first-order valence-electron chi connectivity index (χ1n) is 5.88. The van der Waals surface area contributed by atoms with Crippen LogP contribution in [-0.2, 0) is 4.79 Å². The van der Waals surface area contributed by atoms with Gasteiger partial charge in [-0.15, -0.1) is 0 Å². The van der Waals surface area contributed by atoms with Gasteiger partial charge in [0.1, 0.15) is 5.69 Å². The van der Waals surface area contributed by atoms with Crippen LogP contribution in [0.2, 0.25) is 0 Å². The second-order valence-electron chi connectivity index (χ2n) is 4.47. The molecule has 18 heavy (non-hydrogen) atoms. The average molecular weight is 248 g/mol. The number of anilines is 1. The van der Waals surface area contributed by atoms with Gasteiger partial charge in [0.05, 0.1) is 17.8 Å². The average Bonchev–Trinajstić information content (AvgIpc) is 2.39. The molecule has 1 aliphatic heterocycles. The summed E-state index contributed by atoms with van der Waals surface area (Å²) < 4.78 is 0. The minimum absolute atomic E-state index is 0.180. The van der Waals surface area contributed by atoms with Crippen molar-refractivity contribution in [3.05, 3.63) is 24.0 Å². The molecule has 1 aliphatic rings. The Labute approximate surface area is 105 Å². The quantitative estimate of drug-likeness (QED) is 0.769. The van der Waals surface area contributed by atoms with E-state index in [1.54, 1.807) is 17.0 Å². The molecule has 0 aliphatic carbocycles. The predicted octanol–water partition coefficient (Wildman–Crippen LogP) is 0.00130. The lowest BCUT2D eigenvalue weighted by Gasteiger charge is -2.30. The first-order chi connectivity index (χ1) is 8.58. The monoisotopic (exact) mass is 248 g/mol. The number of aromatic nitrogens is 1. The molecule has 2 rings (SSSR count). The van der Waals surface area contributed by atoms with Gasteiger partial charge in [-0.3, -0.25) is 9.59 Å². The fraction of sp³-hybridized carbons (Fsp3) is 0.417. The van der Waals surface area contributed by atoms with Crippen LogP contribution in [0.1, 0.15) is 23.3 Å². The molecule has 0 aromatic carbocycles. The summed E-state index contributed by atoms with van der Waals surface area (Å²) in [5, 5.41) is 0. The van der Waals surface area contributed by atoms with Crippen molar-refractivity contribution in [2.75, 3.05) is 18.8 Å². The number of nitrogens with two attached hydrogens (primary N) is 2. The molecule has 1 saturated heterocycles.